The fourth-order valence-electron chi connectivity index (χ4n) is 3.62. The van der Waals surface area contributed by atoms with E-state index in [0.29, 0.717) is 22.3 Å². The second kappa shape index (κ2) is 8.47. The Morgan fingerprint density at radius 3 is 2.65 bits per heavy atom. The minimum absolute atomic E-state index is 0.0246. The first-order valence-corrected chi connectivity index (χ1v) is 11.1. The highest BCUT2D eigenvalue weighted by Gasteiger charge is 2.33. The van der Waals surface area contributed by atoms with Gasteiger partial charge in [-0.2, -0.15) is 5.10 Å². The zero-order valence-electron chi connectivity index (χ0n) is 16.6. The lowest BCUT2D eigenvalue weighted by molar-refractivity contribution is -0.119. The number of thioether (sulfide) groups is 1. The van der Waals surface area contributed by atoms with Crippen molar-refractivity contribution in [1.29, 1.82) is 0 Å². The average Bonchev–Trinajstić information content (AvgIpc) is 3.55. The van der Waals surface area contributed by atoms with E-state index in [0.717, 1.165) is 23.8 Å². The maximum Gasteiger partial charge on any atom is 0.230 e. The van der Waals surface area contributed by atoms with E-state index < -0.39 is 0 Å². The van der Waals surface area contributed by atoms with Gasteiger partial charge in [0, 0.05) is 0 Å². The summed E-state index contributed by atoms with van der Waals surface area (Å²) in [5.41, 5.74) is 2.47. The third-order valence-corrected chi connectivity index (χ3v) is 6.31. The summed E-state index contributed by atoms with van der Waals surface area (Å²) in [5, 5.41) is 9.02. The Hall–Kier alpha value is -3.26. The van der Waals surface area contributed by atoms with Crippen molar-refractivity contribution in [3.05, 3.63) is 78.5 Å². The van der Waals surface area contributed by atoms with Crippen molar-refractivity contribution in [2.75, 3.05) is 5.75 Å². The van der Waals surface area contributed by atoms with Crippen LogP contribution in [0.15, 0.2) is 72.1 Å². The van der Waals surface area contributed by atoms with Crippen molar-refractivity contribution < 1.29 is 9.18 Å². The van der Waals surface area contributed by atoms with Gasteiger partial charge in [0.05, 0.1) is 29.1 Å². The summed E-state index contributed by atoms with van der Waals surface area (Å²) < 4.78 is 14.9. The van der Waals surface area contributed by atoms with Crippen LogP contribution in [-0.4, -0.2) is 31.4 Å². The van der Waals surface area contributed by atoms with E-state index in [9.17, 15) is 9.18 Å². The second-order valence-corrected chi connectivity index (χ2v) is 8.49. The average molecular weight is 434 g/mol. The van der Waals surface area contributed by atoms with Crippen LogP contribution in [-0.2, 0) is 4.79 Å². The zero-order chi connectivity index (χ0) is 21.2. The highest BCUT2D eigenvalue weighted by Crippen LogP contribution is 2.41. The molecule has 5 rings (SSSR count). The molecule has 1 N–H and O–H groups in total. The number of benzene rings is 2. The van der Waals surface area contributed by atoms with E-state index >= 15 is 0 Å². The van der Waals surface area contributed by atoms with Gasteiger partial charge in [0.15, 0.2) is 5.65 Å². The normalized spacial score (nSPS) is 14.5. The molecule has 0 spiro atoms. The Balaban J connectivity index is 1.30. The van der Waals surface area contributed by atoms with Crippen molar-refractivity contribution in [2.24, 2.45) is 5.92 Å². The van der Waals surface area contributed by atoms with Crippen LogP contribution in [0.1, 0.15) is 24.4 Å². The van der Waals surface area contributed by atoms with Gasteiger partial charge in [-0.1, -0.05) is 42.1 Å². The summed E-state index contributed by atoms with van der Waals surface area (Å²) in [7, 11) is 0. The molecule has 1 saturated carbocycles. The number of carbonyl (C=O) groups is 1. The predicted molar refractivity (Wildman–Crippen MR) is 117 cm³/mol. The fourth-order valence-corrected chi connectivity index (χ4v) is 4.39. The molecule has 0 saturated heterocycles. The molecule has 4 aromatic rings. The van der Waals surface area contributed by atoms with Crippen LogP contribution in [0, 0.1) is 11.7 Å². The van der Waals surface area contributed by atoms with E-state index in [1.807, 2.05) is 18.2 Å². The van der Waals surface area contributed by atoms with Gasteiger partial charge in [0.2, 0.25) is 5.91 Å². The van der Waals surface area contributed by atoms with E-state index in [2.05, 4.69) is 32.5 Å². The standard InChI is InChI=1S/C23H20FN5OS/c24-17-8-10-18(11-9-17)29-22-19(12-27-29)23(26-14-25-22)31-13-20(30)28-21(16-6-7-16)15-4-2-1-3-5-15/h1-5,8-12,14,16,21H,6-7,13H2,(H,28,30). The summed E-state index contributed by atoms with van der Waals surface area (Å²) in [5.74, 6) is 0.431. The van der Waals surface area contributed by atoms with Gasteiger partial charge in [0.25, 0.3) is 0 Å². The van der Waals surface area contributed by atoms with Crippen molar-refractivity contribution in [2.45, 2.75) is 23.9 Å². The van der Waals surface area contributed by atoms with Crippen LogP contribution < -0.4 is 5.32 Å². The summed E-state index contributed by atoms with van der Waals surface area (Å²) in [6.45, 7) is 0. The van der Waals surface area contributed by atoms with E-state index in [1.165, 1.54) is 30.2 Å². The van der Waals surface area contributed by atoms with Gasteiger partial charge in [0.1, 0.15) is 17.2 Å². The fraction of sp³-hybridized carbons (Fsp3) is 0.217. The van der Waals surface area contributed by atoms with Crippen LogP contribution in [0.3, 0.4) is 0 Å². The molecule has 1 aliphatic rings. The molecule has 2 heterocycles. The van der Waals surface area contributed by atoms with Crippen molar-refractivity contribution in [1.82, 2.24) is 25.1 Å². The lowest BCUT2D eigenvalue weighted by atomic mass is 10.0. The van der Waals surface area contributed by atoms with Crippen molar-refractivity contribution in [3.63, 3.8) is 0 Å². The maximum atomic E-state index is 13.2. The molecule has 31 heavy (non-hydrogen) atoms. The minimum atomic E-state index is -0.308. The van der Waals surface area contributed by atoms with Crippen LogP contribution in [0.5, 0.6) is 0 Å². The molecule has 0 radical (unpaired) electrons. The number of fused-ring (bicyclic) bond motifs is 1. The number of amides is 1. The molecule has 6 nitrogen and oxygen atoms in total. The van der Waals surface area contributed by atoms with Gasteiger partial charge in [-0.3, -0.25) is 4.79 Å². The zero-order valence-corrected chi connectivity index (χ0v) is 17.4. The molecule has 156 valence electrons. The lowest BCUT2D eigenvalue weighted by Crippen LogP contribution is -2.31. The van der Waals surface area contributed by atoms with Gasteiger partial charge < -0.3 is 5.32 Å². The van der Waals surface area contributed by atoms with Gasteiger partial charge in [-0.15, -0.1) is 0 Å². The molecule has 1 unspecified atom stereocenters. The third kappa shape index (κ3) is 4.29. The third-order valence-electron chi connectivity index (χ3n) is 5.31. The largest absolute Gasteiger partial charge is 0.348 e. The SMILES string of the molecule is O=C(CSc1ncnc2c1cnn2-c1ccc(F)cc1)NC(c1ccccc1)C1CC1. The Morgan fingerprint density at radius 2 is 1.90 bits per heavy atom. The Kier molecular flexibility index (Phi) is 5.38. The molecule has 1 atom stereocenters. The monoisotopic (exact) mass is 433 g/mol. The van der Waals surface area contributed by atoms with Crippen LogP contribution in [0.25, 0.3) is 16.7 Å². The molecular weight excluding hydrogens is 413 g/mol. The highest BCUT2D eigenvalue weighted by molar-refractivity contribution is 8.00. The topological polar surface area (TPSA) is 72.7 Å². The van der Waals surface area contributed by atoms with E-state index in [-0.39, 0.29) is 23.5 Å². The molecular formula is C23H20FN5OS. The van der Waals surface area contributed by atoms with Crippen LogP contribution >= 0.6 is 11.8 Å². The number of carbonyl (C=O) groups excluding carboxylic acids is 1. The van der Waals surface area contributed by atoms with E-state index in [1.54, 1.807) is 23.0 Å². The number of hydrogen-bond acceptors (Lipinski definition) is 5. The van der Waals surface area contributed by atoms with Crippen molar-refractivity contribution >= 4 is 28.7 Å². The maximum absolute atomic E-state index is 13.2. The first kappa shape index (κ1) is 19.7. The quantitative estimate of drug-likeness (QED) is 0.347. The van der Waals surface area contributed by atoms with Gasteiger partial charge in [-0.25, -0.2) is 19.0 Å². The summed E-state index contributed by atoms with van der Waals surface area (Å²) in [6, 6.07) is 16.2. The van der Waals surface area contributed by atoms with Crippen LogP contribution in [0.2, 0.25) is 0 Å². The predicted octanol–water partition coefficient (Wildman–Crippen LogP) is 4.31. The number of nitrogens with zero attached hydrogens (tertiary/aromatic N) is 4. The molecule has 1 amide bonds. The molecule has 2 aromatic heterocycles. The van der Waals surface area contributed by atoms with Gasteiger partial charge in [-0.05, 0) is 48.6 Å². The molecule has 2 aromatic carbocycles. The van der Waals surface area contributed by atoms with E-state index in [4.69, 9.17) is 0 Å². The van der Waals surface area contributed by atoms with Gasteiger partial charge >= 0.3 is 0 Å². The van der Waals surface area contributed by atoms with Crippen LogP contribution in [0.4, 0.5) is 4.39 Å². The molecule has 1 aliphatic carbocycles. The summed E-state index contributed by atoms with van der Waals surface area (Å²) in [6.07, 6.45) is 5.42. The highest BCUT2D eigenvalue weighted by atomic mass is 32.2. The number of hydrogen-bond donors (Lipinski definition) is 1. The Morgan fingerprint density at radius 1 is 1.13 bits per heavy atom. The Labute approximate surface area is 182 Å². The summed E-state index contributed by atoms with van der Waals surface area (Å²) >= 11 is 1.36. The number of rotatable bonds is 7. The molecule has 0 aliphatic heterocycles. The number of aromatic nitrogens is 4. The van der Waals surface area contributed by atoms with Crippen molar-refractivity contribution in [3.8, 4) is 5.69 Å². The summed E-state index contributed by atoms with van der Waals surface area (Å²) in [4.78, 5) is 21.4. The Bertz CT molecular complexity index is 1210. The first-order chi connectivity index (χ1) is 15.2. The smallest absolute Gasteiger partial charge is 0.230 e. The lowest BCUT2D eigenvalue weighted by Gasteiger charge is -2.18. The second-order valence-electron chi connectivity index (χ2n) is 7.53. The first-order valence-electron chi connectivity index (χ1n) is 10.1. The number of halogens is 1. The minimum Gasteiger partial charge on any atom is -0.348 e. The number of nitrogens with one attached hydrogen (secondary N) is 1. The molecule has 8 heteroatoms. The molecule has 0 bridgehead atoms. The molecule has 1 fully saturated rings.